The Hall–Kier alpha value is -2.57. The van der Waals surface area contributed by atoms with Gasteiger partial charge in [-0.05, 0) is 42.9 Å². The van der Waals surface area contributed by atoms with Gasteiger partial charge in [0.05, 0.1) is 5.41 Å². The zero-order valence-electron chi connectivity index (χ0n) is 14.0. The molecule has 0 unspecified atom stereocenters. The number of amides is 3. The Kier molecular flexibility index (Phi) is 4.65. The van der Waals surface area contributed by atoms with E-state index in [1.807, 2.05) is 6.07 Å². The van der Waals surface area contributed by atoms with Crippen molar-refractivity contribution in [1.82, 2.24) is 10.2 Å². The number of carboxylic acid groups (broad SMARTS) is 1. The number of carboxylic acids is 1. The largest absolute Gasteiger partial charge is 0.481 e. The van der Waals surface area contributed by atoms with Crippen molar-refractivity contribution in [3.05, 3.63) is 35.4 Å². The smallest absolute Gasteiger partial charge is 0.317 e. The second-order valence-corrected chi connectivity index (χ2v) is 6.98. The van der Waals surface area contributed by atoms with Crippen LogP contribution in [0.5, 0.6) is 0 Å². The van der Waals surface area contributed by atoms with Crippen LogP contribution < -0.4 is 11.1 Å². The molecule has 1 aliphatic heterocycles. The average Bonchev–Trinajstić information content (AvgIpc) is 3.13. The quantitative estimate of drug-likeness (QED) is 0.745. The van der Waals surface area contributed by atoms with E-state index in [0.29, 0.717) is 31.5 Å². The highest BCUT2D eigenvalue weighted by Crippen LogP contribution is 2.48. The van der Waals surface area contributed by atoms with Gasteiger partial charge in [-0.15, -0.1) is 0 Å². The van der Waals surface area contributed by atoms with Crippen molar-refractivity contribution < 1.29 is 19.5 Å². The lowest BCUT2D eigenvalue weighted by atomic mass is 9.81. The zero-order valence-corrected chi connectivity index (χ0v) is 14.0. The van der Waals surface area contributed by atoms with Gasteiger partial charge in [0.25, 0.3) is 0 Å². The maximum atomic E-state index is 12.4. The molecule has 0 bridgehead atoms. The minimum Gasteiger partial charge on any atom is -0.481 e. The Morgan fingerprint density at radius 1 is 1.36 bits per heavy atom. The van der Waals surface area contributed by atoms with E-state index in [9.17, 15) is 19.5 Å². The van der Waals surface area contributed by atoms with Crippen LogP contribution in [0.15, 0.2) is 24.3 Å². The van der Waals surface area contributed by atoms with Gasteiger partial charge in [-0.2, -0.15) is 0 Å². The predicted molar refractivity (Wildman–Crippen MR) is 91.0 cm³/mol. The maximum Gasteiger partial charge on any atom is 0.317 e. The molecule has 7 heteroatoms. The molecule has 1 heterocycles. The highest BCUT2D eigenvalue weighted by atomic mass is 16.4. The summed E-state index contributed by atoms with van der Waals surface area (Å²) in [7, 11) is 0. The average molecular weight is 345 g/mol. The van der Waals surface area contributed by atoms with Crippen LogP contribution in [0.3, 0.4) is 0 Å². The summed E-state index contributed by atoms with van der Waals surface area (Å²) in [4.78, 5) is 36.8. The Bertz CT molecular complexity index is 705. The topological polar surface area (TPSA) is 113 Å². The molecule has 3 rings (SSSR count). The first kappa shape index (κ1) is 17.3. The second kappa shape index (κ2) is 6.74. The van der Waals surface area contributed by atoms with Crippen molar-refractivity contribution in [3.63, 3.8) is 0 Å². The molecule has 4 N–H and O–H groups in total. The molecular formula is C18H23N3O4. The predicted octanol–water partition coefficient (Wildman–Crippen LogP) is 1.22. The number of rotatable bonds is 5. The summed E-state index contributed by atoms with van der Waals surface area (Å²) in [5.74, 6) is -1.20. The van der Waals surface area contributed by atoms with Gasteiger partial charge in [0.15, 0.2) is 0 Å². The standard InChI is InChI=1S/C18H23N3O4/c19-15(22)13-4-1-3-12(9-13)6-8-20-17(25)21-10-14-5-2-7-18(14,11-21)16(23)24/h1,3-4,9,14H,2,5-8,10-11H2,(H2,19,22)(H,20,25)(H,23,24)/t14-,18+/m0/s1. The van der Waals surface area contributed by atoms with Crippen LogP contribution in [0, 0.1) is 11.3 Å². The number of primary amides is 1. The number of aliphatic carboxylic acids is 1. The second-order valence-electron chi connectivity index (χ2n) is 6.98. The number of fused-ring (bicyclic) bond motifs is 1. The summed E-state index contributed by atoms with van der Waals surface area (Å²) in [5.41, 5.74) is 5.86. The molecule has 2 fully saturated rings. The van der Waals surface area contributed by atoms with Gasteiger partial charge in [0, 0.05) is 25.2 Å². The number of benzene rings is 1. The van der Waals surface area contributed by atoms with Crippen LogP contribution in [0.25, 0.3) is 0 Å². The molecule has 2 atom stereocenters. The molecule has 1 saturated heterocycles. The third-order valence-electron chi connectivity index (χ3n) is 5.49. The van der Waals surface area contributed by atoms with E-state index in [1.165, 1.54) is 0 Å². The highest BCUT2D eigenvalue weighted by molar-refractivity contribution is 5.92. The summed E-state index contributed by atoms with van der Waals surface area (Å²) < 4.78 is 0. The van der Waals surface area contributed by atoms with Crippen molar-refractivity contribution in [2.45, 2.75) is 25.7 Å². The van der Waals surface area contributed by atoms with E-state index in [2.05, 4.69) is 5.32 Å². The third-order valence-corrected chi connectivity index (χ3v) is 5.49. The lowest BCUT2D eigenvalue weighted by Crippen LogP contribution is -2.42. The van der Waals surface area contributed by atoms with Crippen molar-refractivity contribution >= 4 is 17.9 Å². The Labute approximate surface area is 146 Å². The monoisotopic (exact) mass is 345 g/mol. The van der Waals surface area contributed by atoms with Crippen molar-refractivity contribution in [1.29, 1.82) is 0 Å². The third kappa shape index (κ3) is 3.31. The van der Waals surface area contributed by atoms with Gasteiger partial charge in [-0.1, -0.05) is 18.6 Å². The molecule has 1 saturated carbocycles. The highest BCUT2D eigenvalue weighted by Gasteiger charge is 2.55. The van der Waals surface area contributed by atoms with Crippen LogP contribution in [0.2, 0.25) is 0 Å². The number of hydrogen-bond acceptors (Lipinski definition) is 3. The van der Waals surface area contributed by atoms with Crippen LogP contribution in [0.1, 0.15) is 35.2 Å². The first-order valence-corrected chi connectivity index (χ1v) is 8.57. The molecule has 1 aromatic carbocycles. The molecule has 1 aliphatic carbocycles. The molecule has 25 heavy (non-hydrogen) atoms. The van der Waals surface area contributed by atoms with E-state index in [1.54, 1.807) is 23.1 Å². The van der Waals surface area contributed by atoms with Crippen LogP contribution >= 0.6 is 0 Å². The minimum absolute atomic E-state index is 0.0583. The van der Waals surface area contributed by atoms with Gasteiger partial charge >= 0.3 is 12.0 Å². The summed E-state index contributed by atoms with van der Waals surface area (Å²) in [5, 5.41) is 12.4. The molecule has 0 radical (unpaired) electrons. The lowest BCUT2D eigenvalue weighted by molar-refractivity contribution is -0.149. The minimum atomic E-state index is -0.784. The fraction of sp³-hybridized carbons (Fsp3) is 0.500. The van der Waals surface area contributed by atoms with Gasteiger partial charge in [0.1, 0.15) is 0 Å². The van der Waals surface area contributed by atoms with E-state index >= 15 is 0 Å². The maximum absolute atomic E-state index is 12.4. The number of carbonyl (C=O) groups is 3. The van der Waals surface area contributed by atoms with Crippen molar-refractivity contribution in [2.75, 3.05) is 19.6 Å². The molecule has 0 spiro atoms. The number of urea groups is 1. The summed E-state index contributed by atoms with van der Waals surface area (Å²) in [6.07, 6.45) is 3.02. The Morgan fingerprint density at radius 2 is 2.16 bits per heavy atom. The lowest BCUT2D eigenvalue weighted by Gasteiger charge is -2.23. The SMILES string of the molecule is NC(=O)c1cccc(CCNC(=O)N2C[C@@H]3CCC[C@@]3(C(=O)O)C2)c1. The fourth-order valence-electron chi connectivity index (χ4n) is 4.10. The number of likely N-dealkylation sites (tertiary alicyclic amines) is 1. The van der Waals surface area contributed by atoms with Gasteiger partial charge in [-0.3, -0.25) is 9.59 Å². The molecule has 7 nitrogen and oxygen atoms in total. The summed E-state index contributed by atoms with van der Waals surface area (Å²) in [6, 6.07) is 6.78. The normalized spacial score (nSPS) is 24.8. The Balaban J connectivity index is 1.53. The molecule has 1 aromatic rings. The summed E-state index contributed by atoms with van der Waals surface area (Å²) in [6.45, 7) is 1.22. The van der Waals surface area contributed by atoms with Gasteiger partial charge in [0.2, 0.25) is 5.91 Å². The van der Waals surface area contributed by atoms with E-state index in [-0.39, 0.29) is 18.5 Å². The van der Waals surface area contributed by atoms with E-state index < -0.39 is 17.3 Å². The zero-order chi connectivity index (χ0) is 18.0. The Morgan fingerprint density at radius 3 is 2.84 bits per heavy atom. The van der Waals surface area contributed by atoms with Crippen molar-refractivity contribution in [2.24, 2.45) is 17.1 Å². The molecule has 134 valence electrons. The number of nitrogens with one attached hydrogen (secondary N) is 1. The molecule has 2 aliphatic rings. The first-order valence-electron chi connectivity index (χ1n) is 8.57. The first-order chi connectivity index (χ1) is 11.9. The van der Waals surface area contributed by atoms with Crippen LogP contribution in [0.4, 0.5) is 4.79 Å². The fourth-order valence-corrected chi connectivity index (χ4v) is 4.10. The summed E-state index contributed by atoms with van der Waals surface area (Å²) >= 11 is 0. The van der Waals surface area contributed by atoms with Crippen molar-refractivity contribution in [3.8, 4) is 0 Å². The molecule has 0 aromatic heterocycles. The number of nitrogens with two attached hydrogens (primary N) is 1. The van der Waals surface area contributed by atoms with Gasteiger partial charge in [-0.25, -0.2) is 4.79 Å². The van der Waals surface area contributed by atoms with E-state index in [4.69, 9.17) is 5.73 Å². The van der Waals surface area contributed by atoms with Gasteiger partial charge < -0.3 is 21.1 Å². The molecule has 3 amide bonds. The van der Waals surface area contributed by atoms with Crippen LogP contribution in [-0.2, 0) is 11.2 Å². The number of carbonyl (C=O) groups excluding carboxylic acids is 2. The van der Waals surface area contributed by atoms with E-state index in [0.717, 1.165) is 18.4 Å². The molecular weight excluding hydrogens is 322 g/mol. The number of hydrogen-bond donors (Lipinski definition) is 3. The van der Waals surface area contributed by atoms with Crippen LogP contribution in [-0.4, -0.2) is 47.5 Å². The number of nitrogens with zero attached hydrogens (tertiary/aromatic N) is 1.